The minimum Gasteiger partial charge on any atom is -0.366 e. The first-order valence-electron chi connectivity index (χ1n) is 6.17. The van der Waals surface area contributed by atoms with Gasteiger partial charge in [-0.05, 0) is 63.0 Å². The largest absolute Gasteiger partial charge is 0.366 e. The number of carbonyl (C=O) groups is 1. The van der Waals surface area contributed by atoms with Gasteiger partial charge in [0, 0.05) is 5.56 Å². The van der Waals surface area contributed by atoms with Gasteiger partial charge >= 0.3 is 0 Å². The Morgan fingerprint density at radius 2 is 2.00 bits per heavy atom. The third kappa shape index (κ3) is 2.67. The van der Waals surface area contributed by atoms with Crippen molar-refractivity contribution in [1.82, 2.24) is 4.90 Å². The number of amides is 1. The molecule has 0 spiro atoms. The first kappa shape index (κ1) is 12.1. The summed E-state index contributed by atoms with van der Waals surface area (Å²) < 4.78 is 0. The summed E-state index contributed by atoms with van der Waals surface area (Å²) in [5.74, 6) is 0.252. The van der Waals surface area contributed by atoms with Gasteiger partial charge in [0.15, 0.2) is 0 Å². The van der Waals surface area contributed by atoms with Gasteiger partial charge in [0.2, 0.25) is 5.91 Å². The van der Waals surface area contributed by atoms with E-state index in [2.05, 4.69) is 18.0 Å². The van der Waals surface area contributed by atoms with Gasteiger partial charge in [-0.3, -0.25) is 4.79 Å². The van der Waals surface area contributed by atoms with E-state index in [9.17, 15) is 4.79 Å². The zero-order valence-corrected chi connectivity index (χ0v) is 10.6. The van der Waals surface area contributed by atoms with Crippen LogP contribution in [0.15, 0.2) is 18.2 Å². The fourth-order valence-corrected chi connectivity index (χ4v) is 2.50. The van der Waals surface area contributed by atoms with Crippen LogP contribution < -0.4 is 5.73 Å². The molecule has 1 aliphatic heterocycles. The SMILES string of the molecule is Cc1ccc(C2CCN(C)CC2)cc1C(N)=O. The van der Waals surface area contributed by atoms with Gasteiger partial charge in [0.05, 0.1) is 0 Å². The number of nitrogens with zero attached hydrogens (tertiary/aromatic N) is 1. The van der Waals surface area contributed by atoms with Crippen LogP contribution in [0, 0.1) is 6.92 Å². The summed E-state index contributed by atoms with van der Waals surface area (Å²) in [7, 11) is 2.15. The first-order chi connectivity index (χ1) is 8.08. The predicted octanol–water partition coefficient (Wildman–Crippen LogP) is 1.90. The first-order valence-corrected chi connectivity index (χ1v) is 6.17. The molecule has 1 amide bonds. The lowest BCUT2D eigenvalue weighted by atomic mass is 9.88. The minimum absolute atomic E-state index is 0.322. The molecule has 0 aliphatic carbocycles. The minimum atomic E-state index is -0.322. The molecule has 0 saturated carbocycles. The number of hydrogen-bond donors (Lipinski definition) is 1. The quantitative estimate of drug-likeness (QED) is 0.846. The van der Waals surface area contributed by atoms with Crippen LogP contribution in [0.1, 0.15) is 40.2 Å². The molecule has 1 aromatic carbocycles. The molecule has 3 heteroatoms. The molecule has 0 aromatic heterocycles. The van der Waals surface area contributed by atoms with Crippen LogP contribution in [-0.2, 0) is 0 Å². The monoisotopic (exact) mass is 232 g/mol. The summed E-state index contributed by atoms with van der Waals surface area (Å²) in [4.78, 5) is 13.7. The van der Waals surface area contributed by atoms with Crippen molar-refractivity contribution in [2.75, 3.05) is 20.1 Å². The number of rotatable bonds is 2. The van der Waals surface area contributed by atoms with Crippen molar-refractivity contribution in [2.24, 2.45) is 5.73 Å². The Kier molecular flexibility index (Phi) is 3.48. The molecule has 92 valence electrons. The number of hydrogen-bond acceptors (Lipinski definition) is 2. The van der Waals surface area contributed by atoms with Crippen LogP contribution in [0.4, 0.5) is 0 Å². The molecule has 2 rings (SSSR count). The van der Waals surface area contributed by atoms with Crippen LogP contribution in [0.2, 0.25) is 0 Å². The summed E-state index contributed by atoms with van der Waals surface area (Å²) in [6.45, 7) is 4.19. The van der Waals surface area contributed by atoms with Gasteiger partial charge in [-0.25, -0.2) is 0 Å². The van der Waals surface area contributed by atoms with E-state index in [-0.39, 0.29) is 5.91 Å². The second-order valence-corrected chi connectivity index (χ2v) is 5.02. The molecular weight excluding hydrogens is 212 g/mol. The Morgan fingerprint density at radius 1 is 1.35 bits per heavy atom. The number of carbonyl (C=O) groups excluding carboxylic acids is 1. The van der Waals surface area contributed by atoms with E-state index in [0.717, 1.165) is 31.5 Å². The zero-order valence-electron chi connectivity index (χ0n) is 10.6. The zero-order chi connectivity index (χ0) is 12.4. The highest BCUT2D eigenvalue weighted by Gasteiger charge is 2.19. The normalized spacial score (nSPS) is 18.2. The van der Waals surface area contributed by atoms with Crippen LogP contribution in [0.25, 0.3) is 0 Å². The Balaban J connectivity index is 2.21. The summed E-state index contributed by atoms with van der Waals surface area (Å²) in [6.07, 6.45) is 2.33. The number of primary amides is 1. The third-order valence-electron chi connectivity index (χ3n) is 3.72. The summed E-state index contributed by atoms with van der Waals surface area (Å²) in [5, 5.41) is 0. The van der Waals surface area contributed by atoms with Crippen molar-refractivity contribution in [3.05, 3.63) is 34.9 Å². The lowest BCUT2D eigenvalue weighted by Crippen LogP contribution is -2.29. The molecule has 1 heterocycles. The topological polar surface area (TPSA) is 46.3 Å². The number of piperidine rings is 1. The predicted molar refractivity (Wildman–Crippen MR) is 69.2 cm³/mol. The van der Waals surface area contributed by atoms with E-state index in [0.29, 0.717) is 11.5 Å². The second kappa shape index (κ2) is 4.88. The van der Waals surface area contributed by atoms with Crippen LogP contribution in [-0.4, -0.2) is 30.9 Å². The highest BCUT2D eigenvalue weighted by atomic mass is 16.1. The molecule has 2 N–H and O–H groups in total. The Bertz CT molecular complexity index is 420. The lowest BCUT2D eigenvalue weighted by molar-refractivity contribution is 0.0999. The molecule has 0 atom stereocenters. The van der Waals surface area contributed by atoms with Crippen molar-refractivity contribution in [2.45, 2.75) is 25.7 Å². The maximum Gasteiger partial charge on any atom is 0.248 e. The molecular formula is C14H20N2O. The van der Waals surface area contributed by atoms with Crippen LogP contribution >= 0.6 is 0 Å². The van der Waals surface area contributed by atoms with Crippen molar-refractivity contribution < 1.29 is 4.79 Å². The Hall–Kier alpha value is -1.35. The number of benzene rings is 1. The maximum atomic E-state index is 11.3. The van der Waals surface area contributed by atoms with Crippen molar-refractivity contribution in [3.63, 3.8) is 0 Å². The second-order valence-electron chi connectivity index (χ2n) is 5.02. The number of nitrogens with two attached hydrogens (primary N) is 1. The molecule has 1 aromatic rings. The van der Waals surface area contributed by atoms with Gasteiger partial charge < -0.3 is 10.6 Å². The molecule has 0 bridgehead atoms. The molecule has 0 unspecified atom stereocenters. The fraction of sp³-hybridized carbons (Fsp3) is 0.500. The highest BCUT2D eigenvalue weighted by molar-refractivity contribution is 5.94. The van der Waals surface area contributed by atoms with E-state index < -0.39 is 0 Å². The molecule has 1 saturated heterocycles. The molecule has 1 fully saturated rings. The fourth-order valence-electron chi connectivity index (χ4n) is 2.50. The molecule has 1 aliphatic rings. The Morgan fingerprint density at radius 3 is 2.59 bits per heavy atom. The average Bonchev–Trinajstić information content (AvgIpc) is 2.30. The summed E-state index contributed by atoms with van der Waals surface area (Å²) in [5.41, 5.74) is 8.28. The summed E-state index contributed by atoms with van der Waals surface area (Å²) >= 11 is 0. The molecule has 17 heavy (non-hydrogen) atoms. The van der Waals surface area contributed by atoms with Crippen LogP contribution in [0.5, 0.6) is 0 Å². The van der Waals surface area contributed by atoms with E-state index in [4.69, 9.17) is 5.73 Å². The van der Waals surface area contributed by atoms with Crippen molar-refractivity contribution in [1.29, 1.82) is 0 Å². The lowest BCUT2D eigenvalue weighted by Gasteiger charge is -2.29. The number of aryl methyl sites for hydroxylation is 1. The van der Waals surface area contributed by atoms with Gasteiger partial charge in [0.1, 0.15) is 0 Å². The summed E-state index contributed by atoms with van der Waals surface area (Å²) in [6, 6.07) is 6.12. The molecule has 0 radical (unpaired) electrons. The highest BCUT2D eigenvalue weighted by Crippen LogP contribution is 2.28. The Labute approximate surface area is 103 Å². The smallest absolute Gasteiger partial charge is 0.248 e. The van der Waals surface area contributed by atoms with Gasteiger partial charge in [0.25, 0.3) is 0 Å². The van der Waals surface area contributed by atoms with Gasteiger partial charge in [-0.2, -0.15) is 0 Å². The van der Waals surface area contributed by atoms with E-state index in [1.165, 1.54) is 5.56 Å². The van der Waals surface area contributed by atoms with Crippen LogP contribution in [0.3, 0.4) is 0 Å². The van der Waals surface area contributed by atoms with E-state index >= 15 is 0 Å². The van der Waals surface area contributed by atoms with Gasteiger partial charge in [-0.15, -0.1) is 0 Å². The standard InChI is InChI=1S/C14H20N2O/c1-10-3-4-12(9-13(10)14(15)17)11-5-7-16(2)8-6-11/h3-4,9,11H,5-8H2,1-2H3,(H2,15,17). The van der Waals surface area contributed by atoms with Crippen molar-refractivity contribution >= 4 is 5.91 Å². The molecule has 3 nitrogen and oxygen atoms in total. The average molecular weight is 232 g/mol. The maximum absolute atomic E-state index is 11.3. The van der Waals surface area contributed by atoms with E-state index in [1.807, 2.05) is 19.1 Å². The van der Waals surface area contributed by atoms with Gasteiger partial charge in [-0.1, -0.05) is 12.1 Å². The third-order valence-corrected chi connectivity index (χ3v) is 3.72. The van der Waals surface area contributed by atoms with E-state index in [1.54, 1.807) is 0 Å². The van der Waals surface area contributed by atoms with Crippen molar-refractivity contribution in [3.8, 4) is 0 Å². The number of likely N-dealkylation sites (tertiary alicyclic amines) is 1.